The summed E-state index contributed by atoms with van der Waals surface area (Å²) in [4.78, 5) is 4.10. The number of aromatic nitrogens is 1. The third-order valence-electron chi connectivity index (χ3n) is 2.55. The molecule has 90 valence electrons. The normalized spacial score (nSPS) is 9.83. The summed E-state index contributed by atoms with van der Waals surface area (Å²) in [6.07, 6.45) is 1.53. The lowest BCUT2D eigenvalue weighted by atomic mass is 10.2. The summed E-state index contributed by atoms with van der Waals surface area (Å²) in [6, 6.07) is 9.15. The molecule has 0 aliphatic heterocycles. The van der Waals surface area contributed by atoms with Gasteiger partial charge >= 0.3 is 0 Å². The highest BCUT2D eigenvalue weighted by Gasteiger charge is 2.06. The van der Waals surface area contributed by atoms with E-state index < -0.39 is 0 Å². The topological polar surface area (TPSA) is 74.7 Å². The van der Waals surface area contributed by atoms with Crippen molar-refractivity contribution in [3.8, 4) is 6.07 Å². The second-order valence-electron chi connectivity index (χ2n) is 3.82. The van der Waals surface area contributed by atoms with Crippen molar-refractivity contribution in [3.63, 3.8) is 0 Å². The van der Waals surface area contributed by atoms with E-state index in [1.807, 2.05) is 25.1 Å². The van der Waals surface area contributed by atoms with Gasteiger partial charge in [-0.2, -0.15) is 5.26 Å². The molecule has 0 amide bonds. The minimum atomic E-state index is 0.330. The number of nitrogen functional groups attached to an aromatic ring is 1. The van der Waals surface area contributed by atoms with Crippen LogP contribution in [0.25, 0.3) is 0 Å². The summed E-state index contributed by atoms with van der Waals surface area (Å²) in [5, 5.41) is 12.6. The smallest absolute Gasteiger partial charge is 0.154 e. The molecule has 4 nitrogen and oxygen atoms in total. The van der Waals surface area contributed by atoms with Crippen LogP contribution in [0.4, 0.5) is 17.2 Å². The van der Waals surface area contributed by atoms with Crippen LogP contribution in [0, 0.1) is 18.3 Å². The highest BCUT2D eigenvalue weighted by atomic mass is 35.5. The quantitative estimate of drug-likeness (QED) is 0.867. The highest BCUT2D eigenvalue weighted by Crippen LogP contribution is 2.26. The number of pyridine rings is 1. The molecule has 0 radical (unpaired) electrons. The molecule has 18 heavy (non-hydrogen) atoms. The highest BCUT2D eigenvalue weighted by molar-refractivity contribution is 6.31. The summed E-state index contributed by atoms with van der Waals surface area (Å²) in [5.41, 5.74) is 8.33. The van der Waals surface area contributed by atoms with Crippen LogP contribution in [0.5, 0.6) is 0 Å². The van der Waals surface area contributed by atoms with Crippen molar-refractivity contribution in [2.24, 2.45) is 0 Å². The van der Waals surface area contributed by atoms with E-state index in [4.69, 9.17) is 22.6 Å². The molecule has 0 atom stereocenters. The predicted octanol–water partition coefficient (Wildman–Crippen LogP) is 3.24. The molecule has 1 aromatic heterocycles. The summed E-state index contributed by atoms with van der Waals surface area (Å²) < 4.78 is 0. The van der Waals surface area contributed by atoms with Crippen molar-refractivity contribution in [2.45, 2.75) is 6.92 Å². The van der Waals surface area contributed by atoms with Crippen molar-refractivity contribution in [3.05, 3.63) is 46.6 Å². The second kappa shape index (κ2) is 4.94. The monoisotopic (exact) mass is 258 g/mol. The molecule has 0 aliphatic carbocycles. The minimum absolute atomic E-state index is 0.330. The Morgan fingerprint density at radius 2 is 2.17 bits per heavy atom. The Labute approximate surface area is 110 Å². The number of benzene rings is 1. The van der Waals surface area contributed by atoms with E-state index in [1.165, 1.54) is 6.20 Å². The van der Waals surface area contributed by atoms with Gasteiger partial charge in [0.15, 0.2) is 5.82 Å². The van der Waals surface area contributed by atoms with E-state index in [2.05, 4.69) is 10.3 Å². The van der Waals surface area contributed by atoms with Crippen LogP contribution < -0.4 is 11.1 Å². The SMILES string of the molecule is Cc1ccc(Nc2nccc(C#N)c2N)cc1Cl. The van der Waals surface area contributed by atoms with Gasteiger partial charge < -0.3 is 11.1 Å². The zero-order valence-electron chi connectivity index (χ0n) is 9.74. The Balaban J connectivity index is 2.35. The molecule has 0 spiro atoms. The average Bonchev–Trinajstić information content (AvgIpc) is 2.36. The van der Waals surface area contributed by atoms with Gasteiger partial charge in [-0.3, -0.25) is 0 Å². The molecule has 5 heteroatoms. The first-order valence-electron chi connectivity index (χ1n) is 5.29. The second-order valence-corrected chi connectivity index (χ2v) is 4.23. The van der Waals surface area contributed by atoms with E-state index in [0.717, 1.165) is 11.3 Å². The van der Waals surface area contributed by atoms with Gasteiger partial charge in [0, 0.05) is 16.9 Å². The Morgan fingerprint density at radius 1 is 1.39 bits per heavy atom. The van der Waals surface area contributed by atoms with Gasteiger partial charge in [0.25, 0.3) is 0 Å². The van der Waals surface area contributed by atoms with Crippen molar-refractivity contribution in [1.29, 1.82) is 5.26 Å². The fourth-order valence-electron chi connectivity index (χ4n) is 1.48. The zero-order valence-corrected chi connectivity index (χ0v) is 10.5. The fourth-order valence-corrected chi connectivity index (χ4v) is 1.66. The molecule has 1 heterocycles. The van der Waals surface area contributed by atoms with Crippen LogP contribution in [0.2, 0.25) is 5.02 Å². The number of halogens is 1. The molecule has 0 unspecified atom stereocenters. The van der Waals surface area contributed by atoms with E-state index in [0.29, 0.717) is 22.1 Å². The third kappa shape index (κ3) is 2.36. The van der Waals surface area contributed by atoms with Gasteiger partial charge in [0.2, 0.25) is 0 Å². The lowest BCUT2D eigenvalue weighted by Gasteiger charge is -2.09. The van der Waals surface area contributed by atoms with Gasteiger partial charge in [0.05, 0.1) is 11.3 Å². The number of hydrogen-bond donors (Lipinski definition) is 2. The van der Waals surface area contributed by atoms with E-state index in [-0.39, 0.29) is 0 Å². The molecule has 0 fully saturated rings. The largest absolute Gasteiger partial charge is 0.395 e. The number of aryl methyl sites for hydroxylation is 1. The number of rotatable bonds is 2. The van der Waals surface area contributed by atoms with Gasteiger partial charge in [-0.1, -0.05) is 17.7 Å². The van der Waals surface area contributed by atoms with E-state index in [1.54, 1.807) is 12.1 Å². The van der Waals surface area contributed by atoms with Crippen LogP contribution in [0.3, 0.4) is 0 Å². The van der Waals surface area contributed by atoms with Gasteiger partial charge in [-0.25, -0.2) is 4.98 Å². The summed E-state index contributed by atoms with van der Waals surface area (Å²) >= 11 is 6.03. The third-order valence-corrected chi connectivity index (χ3v) is 2.95. The number of nitriles is 1. The zero-order chi connectivity index (χ0) is 13.1. The lowest BCUT2D eigenvalue weighted by Crippen LogP contribution is -2.01. The minimum Gasteiger partial charge on any atom is -0.395 e. The maximum Gasteiger partial charge on any atom is 0.154 e. The number of anilines is 3. The molecule has 2 aromatic rings. The molecule has 0 saturated heterocycles. The number of nitrogens with two attached hydrogens (primary N) is 1. The van der Waals surface area contributed by atoms with Gasteiger partial charge in [-0.05, 0) is 30.7 Å². The maximum absolute atomic E-state index is 8.88. The Bertz CT molecular complexity index is 631. The molecular formula is C13H11ClN4. The van der Waals surface area contributed by atoms with Crippen LogP contribution in [-0.4, -0.2) is 4.98 Å². The number of nitrogens with zero attached hydrogens (tertiary/aromatic N) is 2. The van der Waals surface area contributed by atoms with Crippen LogP contribution >= 0.6 is 11.6 Å². The van der Waals surface area contributed by atoms with Crippen molar-refractivity contribution in [2.75, 3.05) is 11.1 Å². The van der Waals surface area contributed by atoms with Crippen molar-refractivity contribution in [1.82, 2.24) is 4.98 Å². The molecular weight excluding hydrogens is 248 g/mol. The van der Waals surface area contributed by atoms with Crippen LogP contribution in [0.1, 0.15) is 11.1 Å². The fraction of sp³-hybridized carbons (Fsp3) is 0.0769. The Hall–Kier alpha value is -2.25. The van der Waals surface area contributed by atoms with Crippen LogP contribution in [0.15, 0.2) is 30.5 Å². The summed E-state index contributed by atoms with van der Waals surface area (Å²) in [5.74, 6) is 0.453. The molecule has 0 aliphatic rings. The summed E-state index contributed by atoms with van der Waals surface area (Å²) in [6.45, 7) is 1.93. The van der Waals surface area contributed by atoms with Crippen molar-refractivity contribution >= 4 is 28.8 Å². The standard InChI is InChI=1S/C13H11ClN4/c1-8-2-3-10(6-11(8)14)18-13-12(16)9(7-15)4-5-17-13/h2-6H,16H2,1H3,(H,17,18). The predicted molar refractivity (Wildman–Crippen MR) is 72.8 cm³/mol. The van der Waals surface area contributed by atoms with Crippen LogP contribution in [-0.2, 0) is 0 Å². The Kier molecular flexibility index (Phi) is 3.35. The average molecular weight is 259 g/mol. The first-order valence-corrected chi connectivity index (χ1v) is 5.67. The summed E-state index contributed by atoms with van der Waals surface area (Å²) in [7, 11) is 0. The molecule has 2 rings (SSSR count). The first-order chi connectivity index (χ1) is 8.61. The number of hydrogen-bond acceptors (Lipinski definition) is 4. The molecule has 0 saturated carbocycles. The van der Waals surface area contributed by atoms with E-state index >= 15 is 0 Å². The maximum atomic E-state index is 8.88. The molecule has 1 aromatic carbocycles. The molecule has 3 N–H and O–H groups in total. The lowest BCUT2D eigenvalue weighted by molar-refractivity contribution is 1.29. The van der Waals surface area contributed by atoms with Gasteiger partial charge in [-0.15, -0.1) is 0 Å². The van der Waals surface area contributed by atoms with Gasteiger partial charge in [0.1, 0.15) is 6.07 Å². The van der Waals surface area contributed by atoms with Crippen molar-refractivity contribution < 1.29 is 0 Å². The van der Waals surface area contributed by atoms with E-state index in [9.17, 15) is 0 Å². The Morgan fingerprint density at radius 3 is 2.83 bits per heavy atom. The number of nitrogens with one attached hydrogen (secondary N) is 1. The first kappa shape index (κ1) is 12.2. The molecule has 0 bridgehead atoms.